The number of amides is 1. The average molecular weight is 406 g/mol. The van der Waals surface area contributed by atoms with Crippen LogP contribution in [-0.2, 0) is 27.3 Å². The average Bonchev–Trinajstić information content (AvgIpc) is 2.71. The Kier molecular flexibility index (Phi) is 8.62. The number of carbonyl (C=O) groups is 2. The Hall–Kier alpha value is -2.73. The highest BCUT2D eigenvalue weighted by Gasteiger charge is 2.12. The molecule has 0 radical (unpaired) electrons. The fourth-order valence-corrected chi connectivity index (χ4v) is 2.75. The van der Waals surface area contributed by atoms with Crippen LogP contribution in [0.4, 0.5) is 0 Å². The Balaban J connectivity index is 1.71. The van der Waals surface area contributed by atoms with Crippen LogP contribution in [0.2, 0.25) is 5.02 Å². The van der Waals surface area contributed by atoms with Crippen LogP contribution in [0.25, 0.3) is 0 Å². The van der Waals surface area contributed by atoms with Gasteiger partial charge >= 0.3 is 5.97 Å². The Labute approximate surface area is 169 Å². The van der Waals surface area contributed by atoms with Crippen molar-refractivity contribution in [1.29, 1.82) is 0 Å². The molecule has 0 saturated heterocycles. The molecule has 2 aromatic rings. The van der Waals surface area contributed by atoms with Crippen molar-refractivity contribution in [1.82, 2.24) is 5.32 Å². The summed E-state index contributed by atoms with van der Waals surface area (Å²) in [6.45, 7) is 0.521. The van der Waals surface area contributed by atoms with Gasteiger partial charge in [-0.15, -0.1) is 0 Å². The van der Waals surface area contributed by atoms with E-state index < -0.39 is 5.97 Å². The highest BCUT2D eigenvalue weighted by atomic mass is 35.5. The molecule has 6 nitrogen and oxygen atoms in total. The molecule has 0 fully saturated rings. The Morgan fingerprint density at radius 3 is 2.36 bits per heavy atom. The Morgan fingerprint density at radius 1 is 1.00 bits per heavy atom. The van der Waals surface area contributed by atoms with E-state index in [4.69, 9.17) is 25.8 Å². The smallest absolute Gasteiger partial charge is 0.306 e. The second kappa shape index (κ2) is 11.2. The lowest BCUT2D eigenvalue weighted by Crippen LogP contribution is -2.24. The lowest BCUT2D eigenvalue weighted by atomic mass is 10.2. The molecule has 0 spiro atoms. The largest absolute Gasteiger partial charge is 0.493 e. The zero-order valence-electron chi connectivity index (χ0n) is 16.0. The van der Waals surface area contributed by atoms with Crippen molar-refractivity contribution in [3.05, 3.63) is 58.6 Å². The molecule has 150 valence electrons. The highest BCUT2D eigenvalue weighted by Crippen LogP contribution is 2.32. The maximum Gasteiger partial charge on any atom is 0.306 e. The molecule has 0 heterocycles. The SMILES string of the molecule is COc1cc(Cl)c(CNC(=O)CCC(=O)OCCc2ccccc2)cc1OC. The standard InChI is InChI=1S/C21H24ClNO5/c1-26-18-12-16(17(22)13-19(18)27-2)14-23-20(24)8-9-21(25)28-11-10-15-6-4-3-5-7-15/h3-7,12-13H,8-11,14H2,1-2H3,(H,23,24). The molecule has 0 unspecified atom stereocenters. The van der Waals surface area contributed by atoms with E-state index in [0.717, 1.165) is 5.56 Å². The number of hydrogen-bond acceptors (Lipinski definition) is 5. The number of ether oxygens (including phenoxy) is 3. The predicted molar refractivity (Wildman–Crippen MR) is 107 cm³/mol. The number of hydrogen-bond donors (Lipinski definition) is 1. The molecule has 0 aliphatic carbocycles. The fourth-order valence-electron chi connectivity index (χ4n) is 2.53. The minimum absolute atomic E-state index is 0.0281. The molecule has 1 amide bonds. The van der Waals surface area contributed by atoms with E-state index in [-0.39, 0.29) is 25.3 Å². The van der Waals surface area contributed by atoms with Gasteiger partial charge in [-0.1, -0.05) is 41.9 Å². The van der Waals surface area contributed by atoms with Crippen molar-refractivity contribution in [3.63, 3.8) is 0 Å². The predicted octanol–water partition coefficient (Wildman–Crippen LogP) is 3.54. The first-order chi connectivity index (χ1) is 13.5. The maximum atomic E-state index is 12.0. The van der Waals surface area contributed by atoms with Gasteiger partial charge in [0.2, 0.25) is 5.91 Å². The molecular formula is C21H24ClNO5. The first kappa shape index (κ1) is 21.6. The molecule has 28 heavy (non-hydrogen) atoms. The molecule has 1 N–H and O–H groups in total. The van der Waals surface area contributed by atoms with Gasteiger partial charge in [0, 0.05) is 30.5 Å². The number of methoxy groups -OCH3 is 2. The van der Waals surface area contributed by atoms with Crippen molar-refractivity contribution >= 4 is 23.5 Å². The summed E-state index contributed by atoms with van der Waals surface area (Å²) in [6.07, 6.45) is 0.728. The Morgan fingerprint density at radius 2 is 1.68 bits per heavy atom. The van der Waals surface area contributed by atoms with Crippen molar-refractivity contribution < 1.29 is 23.8 Å². The summed E-state index contributed by atoms with van der Waals surface area (Å²) < 4.78 is 15.6. The second-order valence-corrected chi connectivity index (χ2v) is 6.44. The van der Waals surface area contributed by atoms with Crippen LogP contribution in [0.15, 0.2) is 42.5 Å². The van der Waals surface area contributed by atoms with Gasteiger partial charge in [-0.25, -0.2) is 0 Å². The molecule has 0 aliphatic rings. The van der Waals surface area contributed by atoms with Gasteiger partial charge in [0.25, 0.3) is 0 Å². The topological polar surface area (TPSA) is 73.9 Å². The van der Waals surface area contributed by atoms with Crippen molar-refractivity contribution in [2.24, 2.45) is 0 Å². The third kappa shape index (κ3) is 6.78. The Bertz CT molecular complexity index is 795. The molecule has 0 bridgehead atoms. The van der Waals surface area contributed by atoms with E-state index in [0.29, 0.717) is 35.1 Å². The zero-order valence-corrected chi connectivity index (χ0v) is 16.8. The van der Waals surface area contributed by atoms with E-state index in [9.17, 15) is 9.59 Å². The third-order valence-electron chi connectivity index (χ3n) is 4.08. The maximum absolute atomic E-state index is 12.0. The fraction of sp³-hybridized carbons (Fsp3) is 0.333. The number of carbonyl (C=O) groups excluding carboxylic acids is 2. The summed E-state index contributed by atoms with van der Waals surface area (Å²) in [4.78, 5) is 23.8. The molecule has 0 saturated carbocycles. The third-order valence-corrected chi connectivity index (χ3v) is 4.43. The second-order valence-electron chi connectivity index (χ2n) is 6.03. The van der Waals surface area contributed by atoms with E-state index in [1.54, 1.807) is 12.1 Å². The summed E-state index contributed by atoms with van der Waals surface area (Å²) in [5, 5.41) is 3.20. The summed E-state index contributed by atoms with van der Waals surface area (Å²) in [6, 6.07) is 13.1. The minimum Gasteiger partial charge on any atom is -0.493 e. The molecular weight excluding hydrogens is 382 g/mol. The van der Waals surface area contributed by atoms with Gasteiger partial charge in [0.15, 0.2) is 11.5 Å². The number of rotatable bonds is 10. The molecule has 0 atom stereocenters. The van der Waals surface area contributed by atoms with Gasteiger partial charge in [-0.05, 0) is 17.2 Å². The molecule has 0 aliphatic heterocycles. The van der Waals surface area contributed by atoms with Crippen LogP contribution >= 0.6 is 11.6 Å². The number of benzene rings is 2. The summed E-state index contributed by atoms with van der Waals surface area (Å²) >= 11 is 6.19. The normalized spacial score (nSPS) is 10.2. The number of nitrogens with one attached hydrogen (secondary N) is 1. The van der Waals surface area contributed by atoms with E-state index in [2.05, 4.69) is 5.32 Å². The van der Waals surface area contributed by atoms with Crippen LogP contribution in [0.3, 0.4) is 0 Å². The molecule has 2 rings (SSSR count). The van der Waals surface area contributed by atoms with Crippen molar-refractivity contribution in [2.45, 2.75) is 25.8 Å². The summed E-state index contributed by atoms with van der Waals surface area (Å²) in [5.74, 6) is 0.389. The van der Waals surface area contributed by atoms with Gasteiger partial charge in [0.1, 0.15) is 0 Å². The van der Waals surface area contributed by atoms with E-state index in [1.165, 1.54) is 14.2 Å². The van der Waals surface area contributed by atoms with Crippen LogP contribution in [0.5, 0.6) is 11.5 Å². The highest BCUT2D eigenvalue weighted by molar-refractivity contribution is 6.31. The quantitative estimate of drug-likeness (QED) is 0.612. The zero-order chi connectivity index (χ0) is 20.4. The van der Waals surface area contributed by atoms with Gasteiger partial charge in [0.05, 0.1) is 27.2 Å². The van der Waals surface area contributed by atoms with Crippen LogP contribution in [0, 0.1) is 0 Å². The summed E-state index contributed by atoms with van der Waals surface area (Å²) in [7, 11) is 3.05. The lowest BCUT2D eigenvalue weighted by Gasteiger charge is -2.12. The first-order valence-corrected chi connectivity index (χ1v) is 9.28. The van der Waals surface area contributed by atoms with E-state index in [1.807, 2.05) is 30.3 Å². The van der Waals surface area contributed by atoms with Crippen LogP contribution < -0.4 is 14.8 Å². The van der Waals surface area contributed by atoms with Crippen LogP contribution in [-0.4, -0.2) is 32.7 Å². The first-order valence-electron chi connectivity index (χ1n) is 8.90. The number of esters is 1. The molecule has 7 heteroatoms. The summed E-state index contributed by atoms with van der Waals surface area (Å²) in [5.41, 5.74) is 1.79. The van der Waals surface area contributed by atoms with Crippen LogP contribution in [0.1, 0.15) is 24.0 Å². The minimum atomic E-state index is -0.393. The molecule has 2 aromatic carbocycles. The van der Waals surface area contributed by atoms with Gasteiger partial charge in [-0.3, -0.25) is 9.59 Å². The lowest BCUT2D eigenvalue weighted by molar-refractivity contribution is -0.144. The van der Waals surface area contributed by atoms with Gasteiger partial charge in [-0.2, -0.15) is 0 Å². The van der Waals surface area contributed by atoms with E-state index >= 15 is 0 Å². The van der Waals surface area contributed by atoms with Gasteiger partial charge < -0.3 is 19.5 Å². The number of halogens is 1. The monoisotopic (exact) mass is 405 g/mol. The van der Waals surface area contributed by atoms with Crippen molar-refractivity contribution in [3.8, 4) is 11.5 Å². The molecule has 0 aromatic heterocycles. The van der Waals surface area contributed by atoms with Crippen molar-refractivity contribution in [2.75, 3.05) is 20.8 Å².